The molecule has 4 nitrogen and oxygen atoms in total. The number of halogens is 1. The zero-order chi connectivity index (χ0) is 21.6. The topological polar surface area (TPSA) is 46.9 Å². The molecule has 0 bridgehead atoms. The predicted octanol–water partition coefficient (Wildman–Crippen LogP) is 6.18. The van der Waals surface area contributed by atoms with Crippen LogP contribution in [0.5, 0.6) is 0 Å². The number of hydrogen-bond donors (Lipinski definition) is 1. The highest BCUT2D eigenvalue weighted by Gasteiger charge is 2.16. The maximum absolute atomic E-state index is 13.2. The summed E-state index contributed by atoms with van der Waals surface area (Å²) in [7, 11) is 0. The summed E-state index contributed by atoms with van der Waals surface area (Å²) < 4.78 is 2.55. The van der Waals surface area contributed by atoms with Crippen molar-refractivity contribution in [2.45, 2.75) is 13.5 Å². The van der Waals surface area contributed by atoms with Crippen LogP contribution in [0, 0.1) is 6.92 Å². The van der Waals surface area contributed by atoms with Gasteiger partial charge in [0.2, 0.25) is 0 Å². The molecule has 1 N–H and O–H groups in total. The van der Waals surface area contributed by atoms with Gasteiger partial charge in [-0.3, -0.25) is 9.48 Å². The van der Waals surface area contributed by atoms with Crippen molar-refractivity contribution >= 4 is 39.3 Å². The molecule has 0 fully saturated rings. The SMILES string of the molecule is Cc1ccc(Cn2cc(Br)c(NC(=O)/C(=C\c3ccccc3)c3ccccc3)n2)cc1. The number of aryl methyl sites for hydroxylation is 1. The first kappa shape index (κ1) is 20.8. The number of benzene rings is 3. The molecule has 1 amide bonds. The van der Waals surface area contributed by atoms with Crippen LogP contribution < -0.4 is 5.32 Å². The fourth-order valence-corrected chi connectivity index (χ4v) is 3.65. The van der Waals surface area contributed by atoms with Gasteiger partial charge in [0.1, 0.15) is 0 Å². The predicted molar refractivity (Wildman–Crippen MR) is 130 cm³/mol. The number of carbonyl (C=O) groups excluding carboxylic acids is 1. The van der Waals surface area contributed by atoms with Gasteiger partial charge >= 0.3 is 0 Å². The molecule has 0 atom stereocenters. The van der Waals surface area contributed by atoms with Gasteiger partial charge in [0, 0.05) is 11.8 Å². The minimum Gasteiger partial charge on any atom is -0.304 e. The van der Waals surface area contributed by atoms with Gasteiger partial charge in [-0.05, 0) is 45.6 Å². The lowest BCUT2D eigenvalue weighted by atomic mass is 10.0. The molecular weight excluding hydrogens is 450 g/mol. The summed E-state index contributed by atoms with van der Waals surface area (Å²) >= 11 is 3.53. The minimum absolute atomic E-state index is 0.212. The van der Waals surface area contributed by atoms with E-state index in [2.05, 4.69) is 57.5 Å². The summed E-state index contributed by atoms with van der Waals surface area (Å²) in [6.07, 6.45) is 3.76. The van der Waals surface area contributed by atoms with Crippen molar-refractivity contribution in [3.8, 4) is 0 Å². The van der Waals surface area contributed by atoms with E-state index in [-0.39, 0.29) is 5.91 Å². The highest BCUT2D eigenvalue weighted by Crippen LogP contribution is 2.24. The van der Waals surface area contributed by atoms with Gasteiger partial charge in [0.25, 0.3) is 5.91 Å². The number of hydrogen-bond acceptors (Lipinski definition) is 2. The quantitative estimate of drug-likeness (QED) is 0.269. The van der Waals surface area contributed by atoms with E-state index in [1.807, 2.05) is 77.6 Å². The van der Waals surface area contributed by atoms with Crippen LogP contribution in [0.25, 0.3) is 11.6 Å². The van der Waals surface area contributed by atoms with E-state index in [1.54, 1.807) is 0 Å². The first-order valence-corrected chi connectivity index (χ1v) is 10.8. The van der Waals surface area contributed by atoms with Crippen LogP contribution in [0.2, 0.25) is 0 Å². The number of rotatable bonds is 6. The van der Waals surface area contributed by atoms with E-state index in [0.717, 1.165) is 21.2 Å². The molecule has 5 heteroatoms. The smallest absolute Gasteiger partial charge is 0.257 e. The Hall–Kier alpha value is -3.44. The van der Waals surface area contributed by atoms with Gasteiger partial charge in [-0.25, -0.2) is 0 Å². The average molecular weight is 472 g/mol. The Kier molecular flexibility index (Phi) is 6.43. The van der Waals surface area contributed by atoms with E-state index in [0.29, 0.717) is 17.9 Å². The second kappa shape index (κ2) is 9.58. The summed E-state index contributed by atoms with van der Waals surface area (Å²) in [6.45, 7) is 2.69. The van der Waals surface area contributed by atoms with Crippen LogP contribution in [0.1, 0.15) is 22.3 Å². The van der Waals surface area contributed by atoms with Crippen molar-refractivity contribution in [3.63, 3.8) is 0 Å². The number of anilines is 1. The van der Waals surface area contributed by atoms with Crippen molar-refractivity contribution in [2.75, 3.05) is 5.32 Å². The standard InChI is InChI=1S/C26H22BrN3O/c1-19-12-14-21(15-13-19)17-30-18-24(27)25(29-30)28-26(31)23(22-10-6-3-7-11-22)16-20-8-4-2-5-9-20/h2-16,18H,17H2,1H3,(H,28,29,31)/b23-16-. The van der Waals surface area contributed by atoms with Crippen LogP contribution >= 0.6 is 15.9 Å². The van der Waals surface area contributed by atoms with Gasteiger partial charge in [-0.2, -0.15) is 5.10 Å². The molecule has 0 aliphatic heterocycles. The van der Waals surface area contributed by atoms with E-state index in [4.69, 9.17) is 0 Å². The van der Waals surface area contributed by atoms with Crippen molar-refractivity contribution < 1.29 is 4.79 Å². The molecule has 154 valence electrons. The van der Waals surface area contributed by atoms with Crippen molar-refractivity contribution in [2.24, 2.45) is 0 Å². The summed E-state index contributed by atoms with van der Waals surface area (Å²) in [5.41, 5.74) is 4.75. The maximum atomic E-state index is 13.2. The molecule has 0 saturated heterocycles. The van der Waals surface area contributed by atoms with Crippen LogP contribution in [0.4, 0.5) is 5.82 Å². The number of carbonyl (C=O) groups is 1. The van der Waals surface area contributed by atoms with Gasteiger partial charge in [-0.1, -0.05) is 90.5 Å². The Balaban J connectivity index is 1.58. The van der Waals surface area contributed by atoms with Crippen molar-refractivity contribution in [3.05, 3.63) is 118 Å². The summed E-state index contributed by atoms with van der Waals surface area (Å²) in [4.78, 5) is 13.2. The zero-order valence-electron chi connectivity index (χ0n) is 17.1. The molecule has 0 saturated carbocycles. The summed E-state index contributed by atoms with van der Waals surface area (Å²) in [5, 5.41) is 7.52. The fourth-order valence-electron chi connectivity index (χ4n) is 3.23. The fraction of sp³-hybridized carbons (Fsp3) is 0.0769. The molecule has 31 heavy (non-hydrogen) atoms. The monoisotopic (exact) mass is 471 g/mol. The summed E-state index contributed by atoms with van der Waals surface area (Å²) in [5.74, 6) is 0.281. The lowest BCUT2D eigenvalue weighted by Crippen LogP contribution is -2.15. The van der Waals surface area contributed by atoms with Crippen LogP contribution in [0.15, 0.2) is 95.6 Å². The highest BCUT2D eigenvalue weighted by atomic mass is 79.9. The number of nitrogens with zero attached hydrogens (tertiary/aromatic N) is 2. The lowest BCUT2D eigenvalue weighted by molar-refractivity contribution is -0.111. The van der Waals surface area contributed by atoms with E-state index >= 15 is 0 Å². The van der Waals surface area contributed by atoms with Crippen molar-refractivity contribution in [1.29, 1.82) is 0 Å². The Labute approximate surface area is 190 Å². The number of nitrogens with one attached hydrogen (secondary N) is 1. The highest BCUT2D eigenvalue weighted by molar-refractivity contribution is 9.10. The third-order valence-electron chi connectivity index (χ3n) is 4.85. The molecule has 4 rings (SSSR count). The molecule has 0 aliphatic carbocycles. The van der Waals surface area contributed by atoms with Gasteiger partial charge < -0.3 is 5.32 Å². The lowest BCUT2D eigenvalue weighted by Gasteiger charge is -2.09. The van der Waals surface area contributed by atoms with E-state index in [1.165, 1.54) is 5.56 Å². The van der Waals surface area contributed by atoms with E-state index in [9.17, 15) is 4.79 Å². The molecule has 3 aromatic carbocycles. The van der Waals surface area contributed by atoms with Gasteiger partial charge in [0.05, 0.1) is 11.0 Å². The number of amides is 1. The average Bonchev–Trinajstić information content (AvgIpc) is 3.13. The second-order valence-electron chi connectivity index (χ2n) is 7.30. The second-order valence-corrected chi connectivity index (χ2v) is 8.15. The molecule has 4 aromatic rings. The van der Waals surface area contributed by atoms with Crippen LogP contribution in [0.3, 0.4) is 0 Å². The molecule has 0 unspecified atom stereocenters. The van der Waals surface area contributed by atoms with Crippen LogP contribution in [-0.2, 0) is 11.3 Å². The number of aromatic nitrogens is 2. The third kappa shape index (κ3) is 5.38. The molecule has 0 radical (unpaired) electrons. The first-order chi connectivity index (χ1) is 15.1. The summed E-state index contributed by atoms with van der Waals surface area (Å²) in [6, 6.07) is 27.8. The maximum Gasteiger partial charge on any atom is 0.257 e. The molecule has 1 heterocycles. The Morgan fingerprint density at radius 3 is 2.29 bits per heavy atom. The van der Waals surface area contributed by atoms with Crippen molar-refractivity contribution in [1.82, 2.24) is 9.78 Å². The Bertz CT molecular complexity index is 1200. The third-order valence-corrected chi connectivity index (χ3v) is 5.43. The largest absolute Gasteiger partial charge is 0.304 e. The Morgan fingerprint density at radius 2 is 1.61 bits per heavy atom. The van der Waals surface area contributed by atoms with Gasteiger partial charge in [-0.15, -0.1) is 0 Å². The molecular formula is C26H22BrN3O. The molecule has 0 aliphatic rings. The van der Waals surface area contributed by atoms with Gasteiger partial charge in [0.15, 0.2) is 5.82 Å². The normalized spacial score (nSPS) is 11.4. The van der Waals surface area contributed by atoms with E-state index < -0.39 is 0 Å². The van der Waals surface area contributed by atoms with Crippen LogP contribution in [-0.4, -0.2) is 15.7 Å². The minimum atomic E-state index is -0.212. The molecule has 1 aromatic heterocycles. The Morgan fingerprint density at radius 1 is 0.968 bits per heavy atom. The molecule has 0 spiro atoms. The first-order valence-electron chi connectivity index (χ1n) is 10.0. The zero-order valence-corrected chi connectivity index (χ0v) is 18.7.